The highest BCUT2D eigenvalue weighted by molar-refractivity contribution is 8.35. The monoisotopic (exact) mass is 1140 g/mol. The summed E-state index contributed by atoms with van der Waals surface area (Å²) in [6.07, 6.45) is 33.8. The number of benzene rings is 4. The van der Waals surface area contributed by atoms with Crippen molar-refractivity contribution in [1.82, 2.24) is 18.8 Å². The third kappa shape index (κ3) is 8.48. The van der Waals surface area contributed by atoms with Gasteiger partial charge in [-0.05, 0) is 171 Å². The van der Waals surface area contributed by atoms with Gasteiger partial charge < -0.3 is 14.5 Å². The molecule has 0 saturated carbocycles. The van der Waals surface area contributed by atoms with E-state index in [0.717, 1.165) is 31.7 Å². The second-order valence-corrected chi connectivity index (χ2v) is 32.0. The highest BCUT2D eigenvalue weighted by Crippen LogP contribution is 2.68. The molecule has 5 atom stereocenters. The van der Waals surface area contributed by atoms with Crippen molar-refractivity contribution in [2.24, 2.45) is 23.5 Å². The lowest BCUT2D eigenvalue weighted by Gasteiger charge is -2.52. The van der Waals surface area contributed by atoms with Crippen LogP contribution in [0.15, 0.2) is 179 Å². The number of fused-ring (bicyclic) bond motifs is 19. The number of rotatable bonds is 9. The molecular weight excluding hydrogens is 1050 g/mol. The maximum absolute atomic E-state index is 5.66. The van der Waals surface area contributed by atoms with Gasteiger partial charge in [-0.2, -0.15) is 0 Å². The molecule has 15 rings (SSSR count). The molecule has 436 valence electrons. The quantitative estimate of drug-likeness (QED) is 0.157. The summed E-state index contributed by atoms with van der Waals surface area (Å²) in [4.78, 5) is 12.8. The number of nitrogens with two attached hydrogens (primary N) is 1. The van der Waals surface area contributed by atoms with Gasteiger partial charge in [-0.15, -0.1) is 0 Å². The number of hydrogen-bond acceptors (Lipinski definition) is 3. The minimum Gasteiger partial charge on any atom is -0.330 e. The first-order valence-corrected chi connectivity index (χ1v) is 34.0. The van der Waals surface area contributed by atoms with Gasteiger partial charge in [-0.25, -0.2) is 10.0 Å². The average molecular weight is 1140 g/mol. The van der Waals surface area contributed by atoms with Gasteiger partial charge >= 0.3 is 0 Å². The summed E-state index contributed by atoms with van der Waals surface area (Å²) in [6, 6.07) is 26.8. The molecule has 0 amide bonds. The average Bonchev–Trinajstić information content (AvgIpc) is 1.59. The third-order valence-electron chi connectivity index (χ3n) is 19.7. The second-order valence-electron chi connectivity index (χ2n) is 27.2. The Labute approximate surface area is 506 Å². The molecule has 0 radical (unpaired) electrons. The molecule has 4 aromatic carbocycles. The summed E-state index contributed by atoms with van der Waals surface area (Å²) in [5.74, 6) is 2.54. The summed E-state index contributed by atoms with van der Waals surface area (Å²) in [7, 11) is -1.33. The van der Waals surface area contributed by atoms with E-state index in [9.17, 15) is 0 Å². The van der Waals surface area contributed by atoms with E-state index in [-0.39, 0.29) is 23.7 Å². The molecule has 0 saturated heterocycles. The number of aromatic nitrogens is 4. The summed E-state index contributed by atoms with van der Waals surface area (Å²) in [5.41, 5.74) is 27.9. The number of allylic oxidation sites excluding steroid dienone is 16. The predicted molar refractivity (Wildman–Crippen MR) is 370 cm³/mol. The minimum atomic E-state index is -1.33. The standard InChI is InChI=1S/C71H68N4S.C4H11N.C4H10/c1-11-21-47-48(22-12-2)63-53(47)33-50(43-23-15-13-16-24-43)66-64-56-30-41(9)29-54-51-34-59-52(35-58(51)74(70(54)56)60(64)37-73-69(63)66)55-31-45(76(38(3)4,39(5)6)40(7)8)32-57-65-61(75(59)71(55)57)36-72-68-42(10)46-27-19-20-28-49(46)62(67(65)68)44-25-17-14-18-26-44;1-4(2)3-5;1-4(2)3/h11-18,21-23,25-40,42-43,50,62-63H,19-20,24H2,1-10H3;4H,3,5H2,1-2H3;4H,1-3H3/b21-11-,22-12-;;. The van der Waals surface area contributed by atoms with Gasteiger partial charge in [-0.1, -0.05) is 180 Å². The molecule has 0 spiro atoms. The van der Waals surface area contributed by atoms with Crippen LogP contribution in [0.5, 0.6) is 0 Å². The summed E-state index contributed by atoms with van der Waals surface area (Å²) < 4.78 is 5.26. The van der Waals surface area contributed by atoms with Crippen LogP contribution in [0, 0.1) is 24.7 Å². The van der Waals surface area contributed by atoms with Crippen LogP contribution in [0.4, 0.5) is 0 Å². The van der Waals surface area contributed by atoms with E-state index in [2.05, 4.69) is 259 Å². The van der Waals surface area contributed by atoms with E-state index in [4.69, 9.17) is 15.7 Å². The van der Waals surface area contributed by atoms with Crippen LogP contribution in [-0.4, -0.2) is 41.1 Å². The van der Waals surface area contributed by atoms with Gasteiger partial charge in [0.1, 0.15) is 0 Å². The van der Waals surface area contributed by atoms with Crippen molar-refractivity contribution in [1.29, 1.82) is 0 Å². The van der Waals surface area contributed by atoms with Crippen LogP contribution in [0.25, 0.3) is 76.2 Å². The largest absolute Gasteiger partial charge is 0.330 e. The van der Waals surface area contributed by atoms with E-state index < -0.39 is 10.0 Å². The minimum absolute atomic E-state index is 0.106. The number of pyridine rings is 2. The highest BCUT2D eigenvalue weighted by atomic mass is 32.3. The molecule has 2 N–H and O–H groups in total. The number of aryl methyl sites for hydroxylation is 1. The van der Waals surface area contributed by atoms with Crippen molar-refractivity contribution in [2.45, 2.75) is 167 Å². The van der Waals surface area contributed by atoms with E-state index in [1.54, 1.807) is 4.90 Å². The SMILES string of the molecule is CC(C)C.CC(C)CN.C\C=C/C1=C(\C=C/C)C2C1=CC(C1C=CC=CC1)c1c2ncc2c1c1cc(C)cc3c4cc5c(cc4n2c31)c1cc(S(C(C)C)(C(C)C)C(C)C)cc2c3c4c(ncc3n5c12)C(C)C1=CCCC=C1C4c1ccccc1. The van der Waals surface area contributed by atoms with E-state index >= 15 is 0 Å². The van der Waals surface area contributed by atoms with Crippen LogP contribution in [0.1, 0.15) is 174 Å². The van der Waals surface area contributed by atoms with Gasteiger partial charge in [0.2, 0.25) is 0 Å². The molecule has 5 aliphatic carbocycles. The maximum Gasteiger partial charge on any atom is 0.0728 e. The van der Waals surface area contributed by atoms with Gasteiger partial charge in [0.05, 0.1) is 62.8 Å². The van der Waals surface area contributed by atoms with Crippen LogP contribution >= 0.6 is 10.0 Å². The van der Waals surface area contributed by atoms with E-state index in [0.29, 0.717) is 27.6 Å². The van der Waals surface area contributed by atoms with Crippen molar-refractivity contribution in [3.05, 3.63) is 207 Å². The fourth-order valence-corrected chi connectivity index (χ4v) is 22.1. The number of hydrogen-bond donors (Lipinski definition) is 1. The van der Waals surface area contributed by atoms with Crippen molar-refractivity contribution < 1.29 is 0 Å². The lowest BCUT2D eigenvalue weighted by molar-refractivity contribution is 0.562. The lowest BCUT2D eigenvalue weighted by atomic mass is 9.62. The summed E-state index contributed by atoms with van der Waals surface area (Å²) in [6.45, 7) is 35.5. The Bertz CT molecular complexity index is 4530. The van der Waals surface area contributed by atoms with Crippen LogP contribution in [0.3, 0.4) is 0 Å². The van der Waals surface area contributed by atoms with Crippen molar-refractivity contribution in [3.63, 3.8) is 0 Å². The third-order valence-corrected chi connectivity index (χ3v) is 25.4. The Morgan fingerprint density at radius 3 is 1.75 bits per heavy atom. The molecule has 5 nitrogen and oxygen atoms in total. The maximum atomic E-state index is 5.66. The van der Waals surface area contributed by atoms with Gasteiger partial charge in [0.15, 0.2) is 0 Å². The Kier molecular flexibility index (Phi) is 14.6. The topological polar surface area (TPSA) is 60.6 Å². The fraction of sp³-hybridized carbons (Fsp3) is 0.367. The van der Waals surface area contributed by atoms with Gasteiger partial charge in [0.25, 0.3) is 0 Å². The Hall–Kier alpha value is -6.99. The van der Waals surface area contributed by atoms with E-state index in [1.807, 2.05) is 0 Å². The molecule has 85 heavy (non-hydrogen) atoms. The molecule has 6 heterocycles. The molecule has 6 heteroatoms. The first-order valence-electron chi connectivity index (χ1n) is 32.2. The molecule has 5 aliphatic rings. The Balaban J connectivity index is 0.000000699. The Morgan fingerprint density at radius 1 is 0.624 bits per heavy atom. The zero-order chi connectivity index (χ0) is 59.7. The number of nitrogens with zero attached hydrogens (tertiary/aromatic N) is 4. The van der Waals surface area contributed by atoms with Crippen LogP contribution in [-0.2, 0) is 0 Å². The molecule has 0 aliphatic heterocycles. The molecule has 6 aromatic heterocycles. The lowest BCUT2D eigenvalue weighted by Crippen LogP contribution is -2.28. The highest BCUT2D eigenvalue weighted by Gasteiger charge is 2.45. The zero-order valence-electron chi connectivity index (χ0n) is 53.2. The first kappa shape index (κ1) is 57.1. The van der Waals surface area contributed by atoms with Gasteiger partial charge in [0, 0.05) is 60.8 Å². The zero-order valence-corrected chi connectivity index (χ0v) is 54.0. The summed E-state index contributed by atoms with van der Waals surface area (Å²) in [5, 5.41) is 12.3. The summed E-state index contributed by atoms with van der Waals surface area (Å²) >= 11 is 0. The molecule has 0 bridgehead atoms. The second kappa shape index (κ2) is 21.8. The Morgan fingerprint density at radius 2 is 1.18 bits per heavy atom. The normalized spacial score (nSPS) is 20.7. The fourth-order valence-electron chi connectivity index (χ4n) is 16.6. The van der Waals surface area contributed by atoms with Crippen LogP contribution in [0.2, 0.25) is 0 Å². The van der Waals surface area contributed by atoms with E-state index in [1.165, 1.54) is 138 Å². The van der Waals surface area contributed by atoms with Crippen LogP contribution < -0.4 is 5.73 Å². The molecule has 5 unspecified atom stereocenters. The smallest absolute Gasteiger partial charge is 0.0728 e. The molecule has 0 fully saturated rings. The first-order chi connectivity index (χ1) is 41.0. The van der Waals surface area contributed by atoms with Crippen molar-refractivity contribution >= 4 is 86.2 Å². The molecular formula is C79H89N5S. The molecule has 10 aromatic rings. The van der Waals surface area contributed by atoms with Crippen molar-refractivity contribution in [3.8, 4) is 0 Å². The predicted octanol–water partition coefficient (Wildman–Crippen LogP) is 21.3. The van der Waals surface area contributed by atoms with Crippen molar-refractivity contribution in [2.75, 3.05) is 6.54 Å². The van der Waals surface area contributed by atoms with Gasteiger partial charge in [-0.3, -0.25) is 9.97 Å².